The van der Waals surface area contributed by atoms with Crippen molar-refractivity contribution in [1.82, 2.24) is 9.80 Å². The third kappa shape index (κ3) is 2.63. The molecule has 0 bridgehead atoms. The summed E-state index contributed by atoms with van der Waals surface area (Å²) in [7, 11) is 0. The molecule has 6 heteroatoms. The maximum atomic E-state index is 12.0. The van der Waals surface area contributed by atoms with E-state index in [1.165, 1.54) is 9.80 Å². The van der Waals surface area contributed by atoms with Crippen LogP contribution < -0.4 is 0 Å². The Balaban J connectivity index is 2.67. The second-order valence-electron chi connectivity index (χ2n) is 3.78. The Morgan fingerprint density at radius 3 is 2.69 bits per heavy atom. The lowest BCUT2D eigenvalue weighted by atomic mass is 10.2. The molecule has 6 nitrogen and oxygen atoms in total. The van der Waals surface area contributed by atoms with Crippen molar-refractivity contribution in [3.63, 3.8) is 0 Å². The predicted molar refractivity (Wildman–Crippen MR) is 57.1 cm³/mol. The second kappa shape index (κ2) is 5.69. The number of likely N-dealkylation sites (tertiary alicyclic amines) is 1. The standard InChI is InChI=1S/C10H18N2O4/c1-2-11(6-7-13)10(16)12-5-3-4-8(12)9(14)15/h8,13H,2-7H2,1H3,(H,14,15)/t8-/m1/s1. The van der Waals surface area contributed by atoms with Crippen LogP contribution in [0.2, 0.25) is 0 Å². The van der Waals surface area contributed by atoms with Crippen LogP contribution in [-0.2, 0) is 4.79 Å². The molecule has 0 unspecified atom stereocenters. The van der Waals surface area contributed by atoms with Crippen LogP contribution in [0.15, 0.2) is 0 Å². The summed E-state index contributed by atoms with van der Waals surface area (Å²) in [5.74, 6) is -0.953. The highest BCUT2D eigenvalue weighted by Crippen LogP contribution is 2.19. The van der Waals surface area contributed by atoms with Gasteiger partial charge in [-0.1, -0.05) is 0 Å². The van der Waals surface area contributed by atoms with Crippen molar-refractivity contribution in [1.29, 1.82) is 0 Å². The second-order valence-corrected chi connectivity index (χ2v) is 3.78. The molecule has 0 saturated carbocycles. The molecular weight excluding hydrogens is 212 g/mol. The fourth-order valence-electron chi connectivity index (χ4n) is 1.94. The monoisotopic (exact) mass is 230 g/mol. The molecule has 0 aromatic carbocycles. The number of aliphatic hydroxyl groups is 1. The average Bonchev–Trinajstić information content (AvgIpc) is 2.73. The van der Waals surface area contributed by atoms with Gasteiger partial charge in [-0.15, -0.1) is 0 Å². The van der Waals surface area contributed by atoms with E-state index in [1.807, 2.05) is 0 Å². The Bertz CT molecular complexity index is 270. The minimum absolute atomic E-state index is 0.106. The van der Waals surface area contributed by atoms with Crippen molar-refractivity contribution in [3.05, 3.63) is 0 Å². The molecule has 0 aliphatic carbocycles. The van der Waals surface area contributed by atoms with Crippen LogP contribution >= 0.6 is 0 Å². The summed E-state index contributed by atoms with van der Waals surface area (Å²) in [5.41, 5.74) is 0. The number of likely N-dealkylation sites (N-methyl/N-ethyl adjacent to an activating group) is 1. The summed E-state index contributed by atoms with van der Waals surface area (Å²) in [4.78, 5) is 25.7. The summed E-state index contributed by atoms with van der Waals surface area (Å²) >= 11 is 0. The number of carboxylic acids is 1. The SMILES string of the molecule is CCN(CCO)C(=O)N1CCC[C@@H]1C(=O)O. The van der Waals surface area contributed by atoms with E-state index in [4.69, 9.17) is 10.2 Å². The highest BCUT2D eigenvalue weighted by atomic mass is 16.4. The normalized spacial score (nSPS) is 19.9. The van der Waals surface area contributed by atoms with E-state index in [0.717, 1.165) is 6.42 Å². The van der Waals surface area contributed by atoms with Crippen molar-refractivity contribution >= 4 is 12.0 Å². The van der Waals surface area contributed by atoms with Crippen LogP contribution in [0, 0.1) is 0 Å². The molecule has 92 valence electrons. The molecule has 1 rings (SSSR count). The van der Waals surface area contributed by atoms with Crippen LogP contribution in [0.25, 0.3) is 0 Å². The third-order valence-corrected chi connectivity index (χ3v) is 2.81. The number of aliphatic carboxylic acids is 1. The van der Waals surface area contributed by atoms with E-state index in [1.54, 1.807) is 6.92 Å². The Labute approximate surface area is 94.4 Å². The molecule has 1 heterocycles. The number of nitrogens with zero attached hydrogens (tertiary/aromatic N) is 2. The fraction of sp³-hybridized carbons (Fsp3) is 0.800. The molecule has 0 aromatic rings. The number of hydrogen-bond acceptors (Lipinski definition) is 3. The van der Waals surface area contributed by atoms with Gasteiger partial charge < -0.3 is 20.0 Å². The van der Waals surface area contributed by atoms with Gasteiger partial charge in [0.1, 0.15) is 6.04 Å². The van der Waals surface area contributed by atoms with Crippen molar-refractivity contribution in [2.24, 2.45) is 0 Å². The molecule has 0 spiro atoms. The maximum Gasteiger partial charge on any atom is 0.326 e. The highest BCUT2D eigenvalue weighted by molar-refractivity contribution is 5.83. The lowest BCUT2D eigenvalue weighted by molar-refractivity contribution is -0.141. The number of hydrogen-bond donors (Lipinski definition) is 2. The maximum absolute atomic E-state index is 12.0. The van der Waals surface area contributed by atoms with E-state index in [-0.39, 0.29) is 19.2 Å². The van der Waals surface area contributed by atoms with Crippen molar-refractivity contribution < 1.29 is 19.8 Å². The Morgan fingerprint density at radius 1 is 1.50 bits per heavy atom. The molecule has 1 aliphatic heterocycles. The largest absolute Gasteiger partial charge is 0.480 e. The molecule has 0 radical (unpaired) electrons. The van der Waals surface area contributed by atoms with Crippen molar-refractivity contribution in [2.75, 3.05) is 26.2 Å². The summed E-state index contributed by atoms with van der Waals surface area (Å²) in [6.45, 7) is 2.91. The summed E-state index contributed by atoms with van der Waals surface area (Å²) in [6.07, 6.45) is 1.23. The van der Waals surface area contributed by atoms with Gasteiger partial charge in [0.25, 0.3) is 0 Å². The lowest BCUT2D eigenvalue weighted by Crippen LogP contribution is -2.48. The third-order valence-electron chi connectivity index (χ3n) is 2.81. The molecule has 0 aromatic heterocycles. The van der Waals surface area contributed by atoms with Gasteiger partial charge in [0, 0.05) is 19.6 Å². The van der Waals surface area contributed by atoms with E-state index < -0.39 is 12.0 Å². The van der Waals surface area contributed by atoms with Crippen LogP contribution in [0.4, 0.5) is 4.79 Å². The Morgan fingerprint density at radius 2 is 2.19 bits per heavy atom. The smallest absolute Gasteiger partial charge is 0.326 e. The minimum Gasteiger partial charge on any atom is -0.480 e. The molecule has 1 fully saturated rings. The minimum atomic E-state index is -0.953. The fourth-order valence-corrected chi connectivity index (χ4v) is 1.94. The molecule has 1 aliphatic rings. The van der Waals surface area contributed by atoms with E-state index >= 15 is 0 Å². The zero-order valence-electron chi connectivity index (χ0n) is 9.43. The van der Waals surface area contributed by atoms with Gasteiger partial charge in [-0.05, 0) is 19.8 Å². The van der Waals surface area contributed by atoms with Crippen LogP contribution in [0.3, 0.4) is 0 Å². The zero-order valence-corrected chi connectivity index (χ0v) is 9.43. The number of rotatable bonds is 4. The first kappa shape index (κ1) is 12.8. The van der Waals surface area contributed by atoms with Crippen molar-refractivity contribution in [2.45, 2.75) is 25.8 Å². The first-order valence-electron chi connectivity index (χ1n) is 5.51. The molecule has 2 amide bonds. The van der Waals surface area contributed by atoms with Crippen LogP contribution in [0.1, 0.15) is 19.8 Å². The number of carboxylic acid groups (broad SMARTS) is 1. The highest BCUT2D eigenvalue weighted by Gasteiger charge is 2.35. The van der Waals surface area contributed by atoms with Gasteiger partial charge >= 0.3 is 12.0 Å². The Hall–Kier alpha value is -1.30. The van der Waals surface area contributed by atoms with Crippen LogP contribution in [-0.4, -0.2) is 64.3 Å². The van der Waals surface area contributed by atoms with Gasteiger partial charge in [-0.25, -0.2) is 9.59 Å². The molecule has 2 N–H and O–H groups in total. The zero-order chi connectivity index (χ0) is 12.1. The average molecular weight is 230 g/mol. The predicted octanol–water partition coefficient (Wildman–Crippen LogP) is -0.0304. The molecule has 1 atom stereocenters. The number of urea groups is 1. The van der Waals surface area contributed by atoms with E-state index in [2.05, 4.69) is 0 Å². The molecule has 16 heavy (non-hydrogen) atoms. The quantitative estimate of drug-likeness (QED) is 0.710. The number of amides is 2. The first-order valence-corrected chi connectivity index (χ1v) is 5.51. The van der Waals surface area contributed by atoms with Gasteiger partial charge in [0.2, 0.25) is 0 Å². The van der Waals surface area contributed by atoms with E-state index in [0.29, 0.717) is 19.5 Å². The van der Waals surface area contributed by atoms with Crippen LogP contribution in [0.5, 0.6) is 0 Å². The molecular formula is C10H18N2O4. The topological polar surface area (TPSA) is 81.1 Å². The number of aliphatic hydroxyl groups excluding tert-OH is 1. The van der Waals surface area contributed by atoms with Gasteiger partial charge in [-0.3, -0.25) is 0 Å². The summed E-state index contributed by atoms with van der Waals surface area (Å²) in [6, 6.07) is -0.998. The van der Waals surface area contributed by atoms with Crippen molar-refractivity contribution in [3.8, 4) is 0 Å². The van der Waals surface area contributed by atoms with Gasteiger partial charge in [0.15, 0.2) is 0 Å². The van der Waals surface area contributed by atoms with Gasteiger partial charge in [0.05, 0.1) is 6.61 Å². The van der Waals surface area contributed by atoms with E-state index in [9.17, 15) is 9.59 Å². The Kier molecular flexibility index (Phi) is 4.54. The van der Waals surface area contributed by atoms with Gasteiger partial charge in [-0.2, -0.15) is 0 Å². The molecule has 1 saturated heterocycles. The summed E-state index contributed by atoms with van der Waals surface area (Å²) in [5, 5.41) is 17.8. The lowest BCUT2D eigenvalue weighted by Gasteiger charge is -2.29. The number of carbonyl (C=O) groups excluding carboxylic acids is 1. The number of carbonyl (C=O) groups is 2. The summed E-state index contributed by atoms with van der Waals surface area (Å²) < 4.78 is 0. The first-order chi connectivity index (χ1) is 7.61.